The predicted molar refractivity (Wildman–Crippen MR) is 112 cm³/mol. The van der Waals surface area contributed by atoms with Gasteiger partial charge in [0.1, 0.15) is 11.6 Å². The van der Waals surface area contributed by atoms with E-state index < -0.39 is 0 Å². The summed E-state index contributed by atoms with van der Waals surface area (Å²) in [5.41, 5.74) is 2.99. The normalized spacial score (nSPS) is 10.3. The lowest BCUT2D eigenvalue weighted by atomic mass is 10.1. The maximum absolute atomic E-state index is 12.4. The maximum atomic E-state index is 12.4. The van der Waals surface area contributed by atoms with Crippen LogP contribution in [0.3, 0.4) is 0 Å². The third-order valence-corrected chi connectivity index (χ3v) is 4.42. The number of hydrogen-bond acceptors (Lipinski definition) is 4. The molecule has 1 amide bonds. The average Bonchev–Trinajstić information content (AvgIpc) is 2.75. The Morgan fingerprint density at radius 2 is 1.71 bits per heavy atom. The van der Waals surface area contributed by atoms with E-state index in [1.165, 1.54) is 11.1 Å². The van der Waals surface area contributed by atoms with Crippen molar-refractivity contribution in [2.45, 2.75) is 12.8 Å². The molecule has 1 aromatic heterocycles. The molecular weight excluding hydrogens is 350 g/mol. The zero-order valence-corrected chi connectivity index (χ0v) is 16.0. The summed E-state index contributed by atoms with van der Waals surface area (Å²) < 4.78 is 5.24. The third-order valence-electron chi connectivity index (χ3n) is 4.42. The molecule has 3 aromatic rings. The molecule has 0 aliphatic heterocycles. The Hall–Kier alpha value is -3.34. The Bertz CT molecular complexity index is 897. The highest BCUT2D eigenvalue weighted by atomic mass is 16.5. The number of hydrogen-bond donors (Lipinski definition) is 2. The van der Waals surface area contributed by atoms with Gasteiger partial charge >= 0.3 is 0 Å². The Morgan fingerprint density at radius 1 is 0.929 bits per heavy atom. The van der Waals surface area contributed by atoms with Crippen LogP contribution in [0.1, 0.15) is 21.5 Å². The molecule has 28 heavy (non-hydrogen) atoms. The highest BCUT2D eigenvalue weighted by Gasteiger charge is 2.06. The number of methoxy groups -OCH3 is 1. The number of carbonyl (C=O) groups is 1. The number of rotatable bonds is 9. The zero-order valence-electron chi connectivity index (χ0n) is 16.0. The van der Waals surface area contributed by atoms with Gasteiger partial charge < -0.3 is 15.4 Å². The number of carbonyl (C=O) groups excluding carboxylic acids is 1. The lowest BCUT2D eigenvalue weighted by Gasteiger charge is -2.09. The van der Waals surface area contributed by atoms with Gasteiger partial charge in [-0.1, -0.05) is 42.5 Å². The summed E-state index contributed by atoms with van der Waals surface area (Å²) in [6.07, 6.45) is 3.30. The molecule has 0 bridgehead atoms. The molecule has 0 saturated carbocycles. The molecule has 0 radical (unpaired) electrons. The van der Waals surface area contributed by atoms with Gasteiger partial charge in [0.05, 0.1) is 7.11 Å². The van der Waals surface area contributed by atoms with Crippen molar-refractivity contribution in [3.63, 3.8) is 0 Å². The van der Waals surface area contributed by atoms with Crippen LogP contribution in [0.4, 0.5) is 5.82 Å². The van der Waals surface area contributed by atoms with Crippen molar-refractivity contribution in [2.75, 3.05) is 25.5 Å². The maximum Gasteiger partial charge on any atom is 0.251 e. The van der Waals surface area contributed by atoms with Gasteiger partial charge in [0, 0.05) is 24.8 Å². The fourth-order valence-corrected chi connectivity index (χ4v) is 2.90. The summed E-state index contributed by atoms with van der Waals surface area (Å²) in [5.74, 6) is 1.46. The van der Waals surface area contributed by atoms with Crippen LogP contribution in [0.2, 0.25) is 0 Å². The lowest BCUT2D eigenvalue weighted by molar-refractivity contribution is 0.0954. The molecule has 5 heteroatoms. The van der Waals surface area contributed by atoms with Gasteiger partial charge in [-0.25, -0.2) is 4.98 Å². The SMILES string of the molecule is COc1cccc(CCNc2cc(C(=O)NCCc3ccccc3)ccn2)c1. The summed E-state index contributed by atoms with van der Waals surface area (Å²) in [4.78, 5) is 16.7. The molecule has 0 atom stereocenters. The fraction of sp³-hybridized carbons (Fsp3) is 0.217. The van der Waals surface area contributed by atoms with Gasteiger partial charge in [-0.3, -0.25) is 4.79 Å². The third kappa shape index (κ3) is 5.84. The summed E-state index contributed by atoms with van der Waals surface area (Å²) in [6.45, 7) is 1.32. The van der Waals surface area contributed by atoms with E-state index in [4.69, 9.17) is 4.74 Å². The summed E-state index contributed by atoms with van der Waals surface area (Å²) in [7, 11) is 1.66. The van der Waals surface area contributed by atoms with Gasteiger partial charge in [-0.15, -0.1) is 0 Å². The minimum Gasteiger partial charge on any atom is -0.497 e. The monoisotopic (exact) mass is 375 g/mol. The molecule has 144 valence electrons. The number of ether oxygens (including phenoxy) is 1. The smallest absolute Gasteiger partial charge is 0.251 e. The fourth-order valence-electron chi connectivity index (χ4n) is 2.90. The van der Waals surface area contributed by atoms with Crippen molar-refractivity contribution in [2.24, 2.45) is 0 Å². The number of benzene rings is 2. The second-order valence-electron chi connectivity index (χ2n) is 6.45. The van der Waals surface area contributed by atoms with E-state index in [0.29, 0.717) is 17.9 Å². The molecule has 0 aliphatic rings. The minimum atomic E-state index is -0.0887. The Labute approximate surface area is 165 Å². The molecule has 0 saturated heterocycles. The summed E-state index contributed by atoms with van der Waals surface area (Å²) >= 11 is 0. The van der Waals surface area contributed by atoms with Gasteiger partial charge in [0.25, 0.3) is 5.91 Å². The molecule has 2 aromatic carbocycles. The summed E-state index contributed by atoms with van der Waals surface area (Å²) in [5, 5.41) is 6.24. The van der Waals surface area contributed by atoms with Crippen molar-refractivity contribution in [1.82, 2.24) is 10.3 Å². The molecule has 3 rings (SSSR count). The van der Waals surface area contributed by atoms with Crippen LogP contribution in [0.15, 0.2) is 72.9 Å². The zero-order chi connectivity index (χ0) is 19.6. The van der Waals surface area contributed by atoms with Crippen LogP contribution in [-0.4, -0.2) is 31.1 Å². The second-order valence-corrected chi connectivity index (χ2v) is 6.45. The van der Waals surface area contributed by atoms with Crippen LogP contribution in [0.5, 0.6) is 5.75 Å². The quantitative estimate of drug-likeness (QED) is 0.598. The second kappa shape index (κ2) is 10.1. The van der Waals surface area contributed by atoms with Crippen molar-refractivity contribution in [3.05, 3.63) is 89.6 Å². The van der Waals surface area contributed by atoms with Gasteiger partial charge in [-0.2, -0.15) is 0 Å². The molecule has 2 N–H and O–H groups in total. The van der Waals surface area contributed by atoms with E-state index in [1.54, 1.807) is 25.4 Å². The Morgan fingerprint density at radius 3 is 2.54 bits per heavy atom. The first-order chi connectivity index (χ1) is 13.7. The summed E-state index contributed by atoms with van der Waals surface area (Å²) in [6, 6.07) is 21.6. The molecule has 1 heterocycles. The molecular formula is C23H25N3O2. The minimum absolute atomic E-state index is 0.0887. The number of anilines is 1. The van der Waals surface area contributed by atoms with Crippen molar-refractivity contribution < 1.29 is 9.53 Å². The highest BCUT2D eigenvalue weighted by molar-refractivity contribution is 5.94. The molecule has 0 spiro atoms. The first kappa shape index (κ1) is 19.4. The van der Waals surface area contributed by atoms with Crippen LogP contribution >= 0.6 is 0 Å². The van der Waals surface area contributed by atoms with E-state index in [9.17, 15) is 4.79 Å². The number of aromatic nitrogens is 1. The average molecular weight is 375 g/mol. The number of nitrogens with one attached hydrogen (secondary N) is 2. The van der Waals surface area contributed by atoms with Crippen LogP contribution in [0.25, 0.3) is 0 Å². The topological polar surface area (TPSA) is 63.2 Å². The first-order valence-corrected chi connectivity index (χ1v) is 9.39. The number of pyridine rings is 1. The van der Waals surface area contributed by atoms with Gasteiger partial charge in [-0.05, 0) is 48.2 Å². The molecule has 5 nitrogen and oxygen atoms in total. The molecule has 0 unspecified atom stereocenters. The first-order valence-electron chi connectivity index (χ1n) is 9.39. The van der Waals surface area contributed by atoms with Crippen molar-refractivity contribution in [1.29, 1.82) is 0 Å². The molecule has 0 aliphatic carbocycles. The predicted octanol–water partition coefficient (Wildman–Crippen LogP) is 3.72. The van der Waals surface area contributed by atoms with Crippen LogP contribution in [-0.2, 0) is 12.8 Å². The Kier molecular flexibility index (Phi) is 7.01. The van der Waals surface area contributed by atoms with Gasteiger partial charge in [0.2, 0.25) is 0 Å². The molecule has 0 fully saturated rings. The van der Waals surface area contributed by atoms with E-state index >= 15 is 0 Å². The van der Waals surface area contributed by atoms with Crippen LogP contribution in [0, 0.1) is 0 Å². The van der Waals surface area contributed by atoms with E-state index in [1.807, 2.05) is 36.4 Å². The van der Waals surface area contributed by atoms with E-state index in [2.05, 4.69) is 33.8 Å². The Balaban J connectivity index is 1.48. The number of amides is 1. The van der Waals surface area contributed by atoms with Crippen molar-refractivity contribution in [3.8, 4) is 5.75 Å². The van der Waals surface area contributed by atoms with Crippen molar-refractivity contribution >= 4 is 11.7 Å². The van der Waals surface area contributed by atoms with E-state index in [0.717, 1.165) is 25.1 Å². The highest BCUT2D eigenvalue weighted by Crippen LogP contribution is 2.13. The standard InChI is InChI=1S/C23H25N3O2/c1-28-21-9-5-8-19(16-21)11-13-24-22-17-20(12-15-25-22)23(27)26-14-10-18-6-3-2-4-7-18/h2-9,12,15-17H,10-11,13-14H2,1H3,(H,24,25)(H,26,27). The van der Waals surface area contributed by atoms with Gasteiger partial charge in [0.15, 0.2) is 0 Å². The number of nitrogens with zero attached hydrogens (tertiary/aromatic N) is 1. The largest absolute Gasteiger partial charge is 0.497 e. The van der Waals surface area contributed by atoms with E-state index in [-0.39, 0.29) is 5.91 Å². The van der Waals surface area contributed by atoms with Crippen LogP contribution < -0.4 is 15.4 Å². The lowest BCUT2D eigenvalue weighted by Crippen LogP contribution is -2.25.